The lowest BCUT2D eigenvalue weighted by Crippen LogP contribution is -2.23. The number of hydrogen-bond acceptors (Lipinski definition) is 4. The number of aryl methyl sites for hydroxylation is 1. The summed E-state index contributed by atoms with van der Waals surface area (Å²) in [5.41, 5.74) is 0.803. The Bertz CT molecular complexity index is 419. The van der Waals surface area contributed by atoms with E-state index in [1.165, 1.54) is 6.07 Å². The number of esters is 1. The van der Waals surface area contributed by atoms with Crippen molar-refractivity contribution in [3.8, 4) is 0 Å². The van der Waals surface area contributed by atoms with Crippen LogP contribution >= 0.6 is 0 Å². The Morgan fingerprint density at radius 3 is 2.44 bits per heavy atom. The molecule has 0 saturated heterocycles. The molecule has 4 nitrogen and oxygen atoms in total. The molecule has 0 aliphatic carbocycles. The molecular formula is C12H15NO3. The van der Waals surface area contributed by atoms with Crippen molar-refractivity contribution in [2.45, 2.75) is 33.3 Å². The average molecular weight is 221 g/mol. The number of benzene rings is 1. The fourth-order valence-corrected chi connectivity index (χ4v) is 1.17. The first-order chi connectivity index (χ1) is 7.33. The Balaban J connectivity index is 2.97. The van der Waals surface area contributed by atoms with Gasteiger partial charge in [0.15, 0.2) is 0 Å². The molecule has 0 aromatic heterocycles. The average Bonchev–Trinajstić information content (AvgIpc) is 2.15. The lowest BCUT2D eigenvalue weighted by Gasteiger charge is -2.19. The number of ether oxygens (including phenoxy) is 1. The van der Waals surface area contributed by atoms with Crippen LogP contribution in [-0.4, -0.2) is 11.6 Å². The zero-order valence-electron chi connectivity index (χ0n) is 9.90. The van der Waals surface area contributed by atoms with E-state index in [4.69, 9.17) is 4.74 Å². The number of nitrogens with zero attached hydrogens (tertiary/aromatic N) is 1. The minimum absolute atomic E-state index is 0.267. The highest BCUT2D eigenvalue weighted by molar-refractivity contribution is 5.90. The van der Waals surface area contributed by atoms with Crippen LogP contribution in [0.15, 0.2) is 23.4 Å². The first kappa shape index (κ1) is 12.4. The van der Waals surface area contributed by atoms with Crippen LogP contribution in [0.5, 0.6) is 0 Å². The van der Waals surface area contributed by atoms with E-state index in [1.807, 2.05) is 0 Å². The van der Waals surface area contributed by atoms with Crippen molar-refractivity contribution in [1.29, 1.82) is 0 Å². The summed E-state index contributed by atoms with van der Waals surface area (Å²) >= 11 is 0. The molecule has 0 saturated carbocycles. The summed E-state index contributed by atoms with van der Waals surface area (Å²) in [5, 5.41) is 2.85. The summed E-state index contributed by atoms with van der Waals surface area (Å²) in [6.45, 7) is 7.13. The molecule has 0 unspecified atom stereocenters. The third-order valence-corrected chi connectivity index (χ3v) is 1.94. The van der Waals surface area contributed by atoms with Crippen LogP contribution in [0.25, 0.3) is 0 Å². The second kappa shape index (κ2) is 4.43. The van der Waals surface area contributed by atoms with Gasteiger partial charge in [0.05, 0.1) is 5.56 Å². The fourth-order valence-electron chi connectivity index (χ4n) is 1.17. The molecule has 1 aromatic rings. The molecule has 16 heavy (non-hydrogen) atoms. The molecule has 0 spiro atoms. The zero-order valence-corrected chi connectivity index (χ0v) is 9.90. The van der Waals surface area contributed by atoms with E-state index in [0.29, 0.717) is 5.56 Å². The van der Waals surface area contributed by atoms with E-state index in [9.17, 15) is 9.70 Å². The SMILES string of the molecule is Cc1ccc(C(=O)OC(C)(C)C)cc1N=O. The summed E-state index contributed by atoms with van der Waals surface area (Å²) in [7, 11) is 0. The predicted molar refractivity (Wildman–Crippen MR) is 61.8 cm³/mol. The van der Waals surface area contributed by atoms with Crippen LogP contribution in [0, 0.1) is 11.8 Å². The molecule has 1 rings (SSSR count). The van der Waals surface area contributed by atoms with Crippen LogP contribution in [-0.2, 0) is 4.74 Å². The van der Waals surface area contributed by atoms with E-state index in [2.05, 4.69) is 5.18 Å². The highest BCUT2D eigenvalue weighted by Crippen LogP contribution is 2.21. The van der Waals surface area contributed by atoms with Gasteiger partial charge in [0.1, 0.15) is 11.3 Å². The molecule has 1 aromatic carbocycles. The predicted octanol–water partition coefficient (Wildman–Crippen LogP) is 3.35. The Morgan fingerprint density at radius 2 is 1.94 bits per heavy atom. The standard InChI is InChI=1S/C12H15NO3/c1-8-5-6-9(7-10(8)13-15)11(14)16-12(2,3)4/h5-7H,1-4H3. The van der Waals surface area contributed by atoms with Gasteiger partial charge in [-0.1, -0.05) is 6.07 Å². The maximum absolute atomic E-state index is 11.7. The van der Waals surface area contributed by atoms with Crippen molar-refractivity contribution in [3.63, 3.8) is 0 Å². The van der Waals surface area contributed by atoms with Crippen molar-refractivity contribution in [1.82, 2.24) is 0 Å². The van der Waals surface area contributed by atoms with E-state index in [1.54, 1.807) is 39.8 Å². The number of carbonyl (C=O) groups excluding carboxylic acids is 1. The molecular weight excluding hydrogens is 206 g/mol. The summed E-state index contributed by atoms with van der Waals surface area (Å²) in [6, 6.07) is 4.74. The molecule has 4 heteroatoms. The Labute approximate surface area is 94.6 Å². The number of rotatable bonds is 2. The third kappa shape index (κ3) is 3.15. The minimum atomic E-state index is -0.545. The van der Waals surface area contributed by atoms with Crippen LogP contribution in [0.4, 0.5) is 5.69 Å². The van der Waals surface area contributed by atoms with Gasteiger partial charge < -0.3 is 4.74 Å². The molecule has 0 aliphatic heterocycles. The van der Waals surface area contributed by atoms with Gasteiger partial charge in [0, 0.05) is 0 Å². The molecule has 0 fully saturated rings. The quantitative estimate of drug-likeness (QED) is 0.568. The molecule has 0 aliphatic rings. The van der Waals surface area contributed by atoms with Gasteiger partial charge in [-0.3, -0.25) is 0 Å². The smallest absolute Gasteiger partial charge is 0.338 e. The van der Waals surface area contributed by atoms with E-state index < -0.39 is 11.6 Å². The maximum atomic E-state index is 11.7. The van der Waals surface area contributed by atoms with Gasteiger partial charge in [-0.05, 0) is 50.6 Å². The Morgan fingerprint density at radius 1 is 1.31 bits per heavy atom. The van der Waals surface area contributed by atoms with Crippen molar-refractivity contribution in [2.24, 2.45) is 5.18 Å². The molecule has 0 amide bonds. The molecule has 0 radical (unpaired) electrons. The van der Waals surface area contributed by atoms with Gasteiger partial charge in [-0.2, -0.15) is 0 Å². The van der Waals surface area contributed by atoms with E-state index in [-0.39, 0.29) is 5.69 Å². The second-order valence-corrected chi connectivity index (χ2v) is 4.59. The van der Waals surface area contributed by atoms with E-state index >= 15 is 0 Å². The molecule has 0 atom stereocenters. The van der Waals surface area contributed by atoms with E-state index in [0.717, 1.165) is 5.56 Å². The van der Waals surface area contributed by atoms with Crippen molar-refractivity contribution in [3.05, 3.63) is 34.2 Å². The Kier molecular flexibility index (Phi) is 3.42. The van der Waals surface area contributed by atoms with Gasteiger partial charge in [0.2, 0.25) is 0 Å². The van der Waals surface area contributed by atoms with Crippen LogP contribution < -0.4 is 0 Å². The van der Waals surface area contributed by atoms with Crippen molar-refractivity contribution >= 4 is 11.7 Å². The summed E-state index contributed by atoms with van der Waals surface area (Å²) in [4.78, 5) is 22.2. The third-order valence-electron chi connectivity index (χ3n) is 1.94. The van der Waals surface area contributed by atoms with Crippen molar-refractivity contribution in [2.75, 3.05) is 0 Å². The lowest BCUT2D eigenvalue weighted by atomic mass is 10.1. The first-order valence-electron chi connectivity index (χ1n) is 5.01. The molecule has 86 valence electrons. The number of carbonyl (C=O) groups is 1. The normalized spacial score (nSPS) is 11.0. The summed E-state index contributed by atoms with van der Waals surface area (Å²) in [5.74, 6) is -0.447. The topological polar surface area (TPSA) is 55.7 Å². The molecule has 0 N–H and O–H groups in total. The minimum Gasteiger partial charge on any atom is -0.456 e. The second-order valence-electron chi connectivity index (χ2n) is 4.59. The fraction of sp³-hybridized carbons (Fsp3) is 0.417. The largest absolute Gasteiger partial charge is 0.456 e. The summed E-state index contributed by atoms with van der Waals surface area (Å²) in [6.07, 6.45) is 0. The van der Waals surface area contributed by atoms with Gasteiger partial charge >= 0.3 is 5.97 Å². The number of hydrogen-bond donors (Lipinski definition) is 0. The Hall–Kier alpha value is -1.71. The lowest BCUT2D eigenvalue weighted by molar-refractivity contribution is 0.00696. The highest BCUT2D eigenvalue weighted by Gasteiger charge is 2.18. The van der Waals surface area contributed by atoms with Crippen LogP contribution in [0.1, 0.15) is 36.7 Å². The molecule has 0 heterocycles. The monoisotopic (exact) mass is 221 g/mol. The summed E-state index contributed by atoms with van der Waals surface area (Å²) < 4.78 is 5.18. The molecule has 0 bridgehead atoms. The van der Waals surface area contributed by atoms with Crippen LogP contribution in [0.3, 0.4) is 0 Å². The zero-order chi connectivity index (χ0) is 12.3. The number of nitroso groups, excluding NO2 is 1. The van der Waals surface area contributed by atoms with Crippen molar-refractivity contribution < 1.29 is 9.53 Å². The van der Waals surface area contributed by atoms with Gasteiger partial charge in [-0.25, -0.2) is 4.79 Å². The van der Waals surface area contributed by atoms with Crippen LogP contribution in [0.2, 0.25) is 0 Å². The van der Waals surface area contributed by atoms with Gasteiger partial charge in [-0.15, -0.1) is 4.91 Å². The maximum Gasteiger partial charge on any atom is 0.338 e. The first-order valence-corrected chi connectivity index (χ1v) is 5.01. The highest BCUT2D eigenvalue weighted by atomic mass is 16.6. The van der Waals surface area contributed by atoms with Gasteiger partial charge in [0.25, 0.3) is 0 Å².